The van der Waals surface area contributed by atoms with Gasteiger partial charge in [0.15, 0.2) is 0 Å². The van der Waals surface area contributed by atoms with Crippen LogP contribution in [0.4, 0.5) is 5.69 Å². The van der Waals surface area contributed by atoms with Crippen molar-refractivity contribution in [2.24, 2.45) is 0 Å². The molecule has 1 fully saturated rings. The number of nitrogen functional groups attached to an aromatic ring is 1. The molecular formula is C19H25N3O2. The first-order chi connectivity index (χ1) is 11.5. The number of hydrogen-bond acceptors (Lipinski definition) is 3. The molecule has 3 rings (SSSR count). The molecule has 5 nitrogen and oxygen atoms in total. The number of carbonyl (C=O) groups is 1. The van der Waals surface area contributed by atoms with Gasteiger partial charge in [-0.2, -0.15) is 0 Å². The molecule has 5 heteroatoms. The summed E-state index contributed by atoms with van der Waals surface area (Å²) in [6, 6.07) is 5.80. The Bertz CT molecular complexity index is 817. The van der Waals surface area contributed by atoms with E-state index in [1.807, 2.05) is 26.0 Å². The van der Waals surface area contributed by atoms with Gasteiger partial charge in [0.1, 0.15) is 5.56 Å². The molecule has 1 saturated carbocycles. The second-order valence-electron chi connectivity index (χ2n) is 6.94. The van der Waals surface area contributed by atoms with Crippen molar-refractivity contribution in [1.29, 1.82) is 0 Å². The lowest BCUT2D eigenvalue weighted by atomic mass is 9.94. The van der Waals surface area contributed by atoms with Gasteiger partial charge in [0.2, 0.25) is 5.43 Å². The standard InChI is InChI=1S/C19H25N3O2/c1-12(2)21-19(24)14-11-22(13-7-4-3-5-8-13)16-10-6-9-15(20)17(16)18(14)23/h6,9-13H,3-5,7-8,20H2,1-2H3,(H,21,24). The summed E-state index contributed by atoms with van der Waals surface area (Å²) in [5, 5.41) is 3.28. The van der Waals surface area contributed by atoms with E-state index in [0.29, 0.717) is 17.1 Å². The number of anilines is 1. The zero-order valence-corrected chi connectivity index (χ0v) is 14.3. The van der Waals surface area contributed by atoms with E-state index in [-0.39, 0.29) is 22.9 Å². The van der Waals surface area contributed by atoms with Crippen LogP contribution in [-0.2, 0) is 0 Å². The highest BCUT2D eigenvalue weighted by Crippen LogP contribution is 2.31. The second kappa shape index (κ2) is 6.67. The summed E-state index contributed by atoms with van der Waals surface area (Å²) in [5.41, 5.74) is 7.24. The van der Waals surface area contributed by atoms with E-state index in [2.05, 4.69) is 9.88 Å². The highest BCUT2D eigenvalue weighted by molar-refractivity contribution is 6.00. The number of benzene rings is 1. The van der Waals surface area contributed by atoms with Crippen molar-refractivity contribution >= 4 is 22.5 Å². The smallest absolute Gasteiger partial charge is 0.256 e. The fraction of sp³-hybridized carbons (Fsp3) is 0.474. The molecule has 1 aliphatic carbocycles. The molecule has 0 radical (unpaired) electrons. The molecule has 24 heavy (non-hydrogen) atoms. The fourth-order valence-electron chi connectivity index (χ4n) is 3.58. The highest BCUT2D eigenvalue weighted by atomic mass is 16.2. The first-order valence-corrected chi connectivity index (χ1v) is 8.73. The summed E-state index contributed by atoms with van der Waals surface area (Å²) >= 11 is 0. The van der Waals surface area contributed by atoms with E-state index in [9.17, 15) is 9.59 Å². The number of carbonyl (C=O) groups excluding carboxylic acids is 1. The summed E-state index contributed by atoms with van der Waals surface area (Å²) in [6.45, 7) is 3.76. The Labute approximate surface area is 141 Å². The molecule has 2 aromatic rings. The van der Waals surface area contributed by atoms with Crippen molar-refractivity contribution in [2.45, 2.75) is 58.0 Å². The number of fused-ring (bicyclic) bond motifs is 1. The van der Waals surface area contributed by atoms with Crippen LogP contribution in [-0.4, -0.2) is 16.5 Å². The second-order valence-corrected chi connectivity index (χ2v) is 6.94. The number of nitrogens with two attached hydrogens (primary N) is 1. The predicted octanol–water partition coefficient (Wildman–Crippen LogP) is 3.23. The molecule has 1 aromatic heterocycles. The Morgan fingerprint density at radius 2 is 1.96 bits per heavy atom. The number of amides is 1. The van der Waals surface area contributed by atoms with Gasteiger partial charge in [-0.25, -0.2) is 0 Å². The van der Waals surface area contributed by atoms with Crippen molar-refractivity contribution in [1.82, 2.24) is 9.88 Å². The first-order valence-electron chi connectivity index (χ1n) is 8.73. The van der Waals surface area contributed by atoms with Crippen LogP contribution in [0, 0.1) is 0 Å². The Kier molecular flexibility index (Phi) is 4.60. The minimum Gasteiger partial charge on any atom is -0.398 e. The van der Waals surface area contributed by atoms with Crippen LogP contribution in [0.2, 0.25) is 0 Å². The lowest BCUT2D eigenvalue weighted by Gasteiger charge is -2.27. The van der Waals surface area contributed by atoms with Gasteiger partial charge in [0.25, 0.3) is 5.91 Å². The maximum atomic E-state index is 12.9. The van der Waals surface area contributed by atoms with Gasteiger partial charge < -0.3 is 15.6 Å². The third-order valence-corrected chi connectivity index (χ3v) is 4.73. The number of nitrogens with zero attached hydrogens (tertiary/aromatic N) is 1. The molecule has 0 spiro atoms. The quantitative estimate of drug-likeness (QED) is 0.850. The summed E-state index contributed by atoms with van der Waals surface area (Å²) in [6.07, 6.45) is 7.47. The van der Waals surface area contributed by atoms with Crippen LogP contribution < -0.4 is 16.5 Å². The van der Waals surface area contributed by atoms with Crippen LogP contribution >= 0.6 is 0 Å². The van der Waals surface area contributed by atoms with E-state index in [0.717, 1.165) is 18.4 Å². The third kappa shape index (κ3) is 3.03. The predicted molar refractivity (Wildman–Crippen MR) is 97.3 cm³/mol. The highest BCUT2D eigenvalue weighted by Gasteiger charge is 2.22. The summed E-state index contributed by atoms with van der Waals surface area (Å²) in [7, 11) is 0. The topological polar surface area (TPSA) is 77.1 Å². The summed E-state index contributed by atoms with van der Waals surface area (Å²) in [5.74, 6) is -0.329. The van der Waals surface area contributed by atoms with Crippen LogP contribution in [0.25, 0.3) is 10.9 Å². The van der Waals surface area contributed by atoms with E-state index in [1.165, 1.54) is 19.3 Å². The molecule has 1 aliphatic rings. The number of hydrogen-bond donors (Lipinski definition) is 2. The van der Waals surface area contributed by atoms with Gasteiger partial charge in [-0.15, -0.1) is 0 Å². The minimum atomic E-state index is -0.329. The van der Waals surface area contributed by atoms with Gasteiger partial charge in [0, 0.05) is 24.0 Å². The van der Waals surface area contributed by atoms with Crippen molar-refractivity contribution in [2.75, 3.05) is 5.73 Å². The Hall–Kier alpha value is -2.30. The van der Waals surface area contributed by atoms with Crippen molar-refractivity contribution < 1.29 is 4.79 Å². The molecule has 128 valence electrons. The largest absolute Gasteiger partial charge is 0.398 e. The van der Waals surface area contributed by atoms with E-state index < -0.39 is 0 Å². The number of pyridine rings is 1. The van der Waals surface area contributed by atoms with Gasteiger partial charge in [-0.1, -0.05) is 25.3 Å². The SMILES string of the molecule is CC(C)NC(=O)c1cn(C2CCCCC2)c2cccc(N)c2c1=O. The van der Waals surface area contributed by atoms with Crippen LogP contribution in [0.3, 0.4) is 0 Å². The van der Waals surface area contributed by atoms with Crippen LogP contribution in [0.1, 0.15) is 62.4 Å². The number of rotatable bonds is 3. The first kappa shape index (κ1) is 16.6. The molecular weight excluding hydrogens is 302 g/mol. The van der Waals surface area contributed by atoms with Gasteiger partial charge in [0.05, 0.1) is 10.9 Å². The lowest BCUT2D eigenvalue weighted by molar-refractivity contribution is 0.0941. The Morgan fingerprint density at radius 3 is 2.62 bits per heavy atom. The van der Waals surface area contributed by atoms with Gasteiger partial charge in [-0.3, -0.25) is 9.59 Å². The molecule has 1 heterocycles. The van der Waals surface area contributed by atoms with Crippen molar-refractivity contribution in [3.05, 3.63) is 40.2 Å². The zero-order chi connectivity index (χ0) is 17.3. The number of nitrogens with one attached hydrogen (secondary N) is 1. The fourth-order valence-corrected chi connectivity index (χ4v) is 3.58. The van der Waals surface area contributed by atoms with Crippen molar-refractivity contribution in [3.63, 3.8) is 0 Å². The van der Waals surface area contributed by atoms with Gasteiger partial charge in [-0.05, 0) is 38.8 Å². The average Bonchev–Trinajstić information content (AvgIpc) is 2.55. The van der Waals surface area contributed by atoms with E-state index >= 15 is 0 Å². The maximum absolute atomic E-state index is 12.9. The Balaban J connectivity index is 2.22. The number of aromatic nitrogens is 1. The summed E-state index contributed by atoms with van der Waals surface area (Å²) in [4.78, 5) is 25.4. The molecule has 0 bridgehead atoms. The van der Waals surface area contributed by atoms with Crippen molar-refractivity contribution in [3.8, 4) is 0 Å². The average molecular weight is 327 g/mol. The molecule has 1 amide bonds. The molecule has 0 atom stereocenters. The van der Waals surface area contributed by atoms with E-state index in [4.69, 9.17) is 5.73 Å². The van der Waals surface area contributed by atoms with E-state index in [1.54, 1.807) is 12.3 Å². The molecule has 3 N–H and O–H groups in total. The normalized spacial score (nSPS) is 15.8. The Morgan fingerprint density at radius 1 is 1.25 bits per heavy atom. The maximum Gasteiger partial charge on any atom is 0.256 e. The molecule has 0 saturated heterocycles. The monoisotopic (exact) mass is 327 g/mol. The van der Waals surface area contributed by atoms with Gasteiger partial charge >= 0.3 is 0 Å². The van der Waals surface area contributed by atoms with Crippen LogP contribution in [0.15, 0.2) is 29.2 Å². The third-order valence-electron chi connectivity index (χ3n) is 4.73. The summed E-state index contributed by atoms with van der Waals surface area (Å²) < 4.78 is 2.10. The lowest BCUT2D eigenvalue weighted by Crippen LogP contribution is -2.34. The zero-order valence-electron chi connectivity index (χ0n) is 14.3. The minimum absolute atomic E-state index is 0.0242. The molecule has 0 aliphatic heterocycles. The molecule has 1 aromatic carbocycles. The molecule has 0 unspecified atom stereocenters. The van der Waals surface area contributed by atoms with Crippen LogP contribution in [0.5, 0.6) is 0 Å².